The quantitative estimate of drug-likeness (QED) is 0.393. The monoisotopic (exact) mass is 401 g/mol. The minimum Gasteiger partial charge on any atom is -0.392 e. The number of amides is 1. The Hall–Kier alpha value is -1.35. The van der Waals surface area contributed by atoms with Crippen molar-refractivity contribution in [2.24, 2.45) is 0 Å². The second kappa shape index (κ2) is 11.7. The first-order valence-electron chi connectivity index (χ1n) is 12.0. The van der Waals surface area contributed by atoms with Gasteiger partial charge in [0.2, 0.25) is 5.91 Å². The van der Waals surface area contributed by atoms with Gasteiger partial charge in [0.15, 0.2) is 0 Å². The Morgan fingerprint density at radius 1 is 1.03 bits per heavy atom. The van der Waals surface area contributed by atoms with E-state index in [-0.39, 0.29) is 17.4 Å². The smallest absolute Gasteiger partial charge is 0.227 e. The molecule has 1 amide bonds. The first-order valence-corrected chi connectivity index (χ1v) is 12.0. The van der Waals surface area contributed by atoms with Crippen LogP contribution in [0.1, 0.15) is 110 Å². The number of rotatable bonds is 12. The summed E-state index contributed by atoms with van der Waals surface area (Å²) in [5, 5.41) is 10.7. The minimum absolute atomic E-state index is 0.267. The molecule has 1 saturated heterocycles. The van der Waals surface area contributed by atoms with Crippen LogP contribution in [0.15, 0.2) is 24.3 Å². The Balaban J connectivity index is 2.08. The summed E-state index contributed by atoms with van der Waals surface area (Å²) in [4.78, 5) is 14.8. The molecule has 1 aliphatic heterocycles. The molecule has 1 aliphatic rings. The zero-order chi connectivity index (χ0) is 21.3. The molecule has 1 heterocycles. The Morgan fingerprint density at radius 3 is 2.34 bits per heavy atom. The molecular formula is C26H43NO2. The molecule has 0 aromatic heterocycles. The first-order chi connectivity index (χ1) is 13.9. The summed E-state index contributed by atoms with van der Waals surface area (Å²) >= 11 is 0. The average Bonchev–Trinajstić information content (AvgIpc) is 2.71. The highest BCUT2D eigenvalue weighted by atomic mass is 16.3. The third-order valence-corrected chi connectivity index (χ3v) is 6.76. The van der Waals surface area contributed by atoms with E-state index in [1.807, 2.05) is 0 Å². The molecule has 2 unspecified atom stereocenters. The van der Waals surface area contributed by atoms with Crippen LogP contribution in [-0.2, 0) is 10.2 Å². The van der Waals surface area contributed by atoms with E-state index < -0.39 is 0 Å². The summed E-state index contributed by atoms with van der Waals surface area (Å²) in [7, 11) is 0. The van der Waals surface area contributed by atoms with Crippen LogP contribution in [0.5, 0.6) is 0 Å². The molecule has 164 valence electrons. The van der Waals surface area contributed by atoms with E-state index in [0.29, 0.717) is 12.5 Å². The normalized spacial score (nSPS) is 18.9. The summed E-state index contributed by atoms with van der Waals surface area (Å²) in [5.41, 5.74) is 1.89. The molecule has 1 aromatic carbocycles. The molecule has 1 aromatic rings. The zero-order valence-corrected chi connectivity index (χ0v) is 19.3. The number of carbonyl (C=O) groups excluding carboxylic acids is 1. The lowest BCUT2D eigenvalue weighted by Crippen LogP contribution is -2.43. The standard InChI is InChI=1S/C26H43NO2/c1-5-7-9-11-13-22-14-12-16-25(29)27(22)23-19-17-21(18-20-23)26(3,4)24(28)15-10-8-6-2/h17-20,22,24,28H,5-16H2,1-4H3. The lowest BCUT2D eigenvalue weighted by atomic mass is 9.77. The van der Waals surface area contributed by atoms with Crippen LogP contribution < -0.4 is 4.90 Å². The van der Waals surface area contributed by atoms with Crippen molar-refractivity contribution in [3.63, 3.8) is 0 Å². The summed E-state index contributed by atoms with van der Waals surface area (Å²) in [6, 6.07) is 8.77. The Morgan fingerprint density at radius 2 is 1.69 bits per heavy atom. The van der Waals surface area contributed by atoms with Gasteiger partial charge >= 0.3 is 0 Å². The van der Waals surface area contributed by atoms with Gasteiger partial charge in [-0.25, -0.2) is 0 Å². The van der Waals surface area contributed by atoms with E-state index in [1.165, 1.54) is 38.5 Å². The highest BCUT2D eigenvalue weighted by Gasteiger charge is 2.31. The molecule has 3 nitrogen and oxygen atoms in total. The number of hydrogen-bond acceptors (Lipinski definition) is 2. The lowest BCUT2D eigenvalue weighted by molar-refractivity contribution is -0.120. The van der Waals surface area contributed by atoms with Crippen LogP contribution in [-0.4, -0.2) is 23.2 Å². The fourth-order valence-corrected chi connectivity index (χ4v) is 4.57. The number of aliphatic hydroxyl groups is 1. The van der Waals surface area contributed by atoms with Crippen molar-refractivity contribution >= 4 is 11.6 Å². The summed E-state index contributed by atoms with van der Waals surface area (Å²) < 4.78 is 0. The van der Waals surface area contributed by atoms with Crippen molar-refractivity contribution in [2.75, 3.05) is 4.90 Å². The Labute approximate surface area is 178 Å². The fraction of sp³-hybridized carbons (Fsp3) is 0.731. The molecule has 0 spiro atoms. The number of benzene rings is 1. The third kappa shape index (κ3) is 6.57. The molecule has 0 radical (unpaired) electrons. The molecule has 0 saturated carbocycles. The van der Waals surface area contributed by atoms with Crippen molar-refractivity contribution < 1.29 is 9.90 Å². The Bertz CT molecular complexity index is 608. The Kier molecular flexibility index (Phi) is 9.68. The molecular weight excluding hydrogens is 358 g/mol. The van der Waals surface area contributed by atoms with E-state index in [1.54, 1.807) is 0 Å². The van der Waals surface area contributed by atoms with Crippen LogP contribution in [0.3, 0.4) is 0 Å². The van der Waals surface area contributed by atoms with Gasteiger partial charge in [-0.3, -0.25) is 4.79 Å². The van der Waals surface area contributed by atoms with Gasteiger partial charge in [-0.05, 0) is 43.4 Å². The zero-order valence-electron chi connectivity index (χ0n) is 19.3. The van der Waals surface area contributed by atoms with Gasteiger partial charge in [0.05, 0.1) is 6.10 Å². The van der Waals surface area contributed by atoms with Gasteiger partial charge in [-0.15, -0.1) is 0 Å². The molecule has 1 N–H and O–H groups in total. The highest BCUT2D eigenvalue weighted by Crippen LogP contribution is 2.34. The van der Waals surface area contributed by atoms with Gasteiger partial charge in [-0.2, -0.15) is 0 Å². The number of aliphatic hydroxyl groups excluding tert-OH is 1. The number of piperidine rings is 1. The molecule has 2 rings (SSSR count). The molecule has 0 aliphatic carbocycles. The third-order valence-electron chi connectivity index (χ3n) is 6.76. The maximum Gasteiger partial charge on any atom is 0.227 e. The average molecular weight is 402 g/mol. The van der Waals surface area contributed by atoms with Gasteiger partial charge in [0.1, 0.15) is 0 Å². The number of unbranched alkanes of at least 4 members (excludes halogenated alkanes) is 5. The van der Waals surface area contributed by atoms with E-state index in [4.69, 9.17) is 0 Å². The maximum absolute atomic E-state index is 12.7. The number of nitrogens with zero attached hydrogens (tertiary/aromatic N) is 1. The SMILES string of the molecule is CCCCCCC1CCCC(=O)N1c1ccc(C(C)(C)C(O)CCCCC)cc1. The molecule has 2 atom stereocenters. The van der Waals surface area contributed by atoms with E-state index >= 15 is 0 Å². The maximum atomic E-state index is 12.7. The van der Waals surface area contributed by atoms with Gasteiger partial charge in [0, 0.05) is 23.6 Å². The molecule has 29 heavy (non-hydrogen) atoms. The second-order valence-corrected chi connectivity index (χ2v) is 9.44. The highest BCUT2D eigenvalue weighted by molar-refractivity contribution is 5.94. The van der Waals surface area contributed by atoms with Crippen molar-refractivity contribution in [1.82, 2.24) is 0 Å². The van der Waals surface area contributed by atoms with Crippen molar-refractivity contribution in [2.45, 2.75) is 122 Å². The number of anilines is 1. The van der Waals surface area contributed by atoms with Crippen LogP contribution >= 0.6 is 0 Å². The van der Waals surface area contributed by atoms with E-state index in [0.717, 1.165) is 43.4 Å². The first kappa shape index (κ1) is 23.9. The topological polar surface area (TPSA) is 40.5 Å². The largest absolute Gasteiger partial charge is 0.392 e. The summed E-state index contributed by atoms with van der Waals surface area (Å²) in [5.74, 6) is 0.267. The van der Waals surface area contributed by atoms with Crippen LogP contribution in [0, 0.1) is 0 Å². The van der Waals surface area contributed by atoms with Crippen LogP contribution in [0.25, 0.3) is 0 Å². The van der Waals surface area contributed by atoms with E-state index in [9.17, 15) is 9.90 Å². The van der Waals surface area contributed by atoms with Crippen molar-refractivity contribution in [1.29, 1.82) is 0 Å². The van der Waals surface area contributed by atoms with E-state index in [2.05, 4.69) is 56.9 Å². The minimum atomic E-state index is -0.345. The molecule has 3 heteroatoms. The summed E-state index contributed by atoms with van der Waals surface area (Å²) in [6.07, 6.45) is 12.8. The molecule has 0 bridgehead atoms. The van der Waals surface area contributed by atoms with Gasteiger partial charge in [0.25, 0.3) is 0 Å². The predicted octanol–water partition coefficient (Wildman–Crippen LogP) is 6.76. The van der Waals surface area contributed by atoms with Crippen LogP contribution in [0.2, 0.25) is 0 Å². The number of carbonyl (C=O) groups is 1. The second-order valence-electron chi connectivity index (χ2n) is 9.44. The lowest BCUT2D eigenvalue weighted by Gasteiger charge is -2.37. The predicted molar refractivity (Wildman–Crippen MR) is 124 cm³/mol. The number of hydrogen-bond donors (Lipinski definition) is 1. The van der Waals surface area contributed by atoms with Crippen LogP contribution in [0.4, 0.5) is 5.69 Å². The van der Waals surface area contributed by atoms with Gasteiger partial charge < -0.3 is 10.0 Å². The van der Waals surface area contributed by atoms with Crippen molar-refractivity contribution in [3.8, 4) is 0 Å². The van der Waals surface area contributed by atoms with Gasteiger partial charge in [-0.1, -0.05) is 84.8 Å². The van der Waals surface area contributed by atoms with Crippen molar-refractivity contribution in [3.05, 3.63) is 29.8 Å². The summed E-state index contributed by atoms with van der Waals surface area (Å²) in [6.45, 7) is 8.68. The molecule has 1 fully saturated rings. The fourth-order valence-electron chi connectivity index (χ4n) is 4.57.